The van der Waals surface area contributed by atoms with Gasteiger partial charge in [0.05, 0.1) is 5.56 Å². The average Bonchev–Trinajstić information content (AvgIpc) is 3.47. The van der Waals surface area contributed by atoms with Crippen molar-refractivity contribution in [2.45, 2.75) is 95.3 Å². The molecule has 3 atom stereocenters. The van der Waals surface area contributed by atoms with Gasteiger partial charge in [0.25, 0.3) is 0 Å². The number of rotatable bonds is 9. The van der Waals surface area contributed by atoms with E-state index < -0.39 is 11.7 Å². The van der Waals surface area contributed by atoms with Crippen LogP contribution in [0, 0.1) is 5.41 Å². The van der Waals surface area contributed by atoms with E-state index in [0.29, 0.717) is 30.2 Å². The molecule has 1 aromatic carbocycles. The van der Waals surface area contributed by atoms with E-state index in [1.54, 1.807) is 23.9 Å². The van der Waals surface area contributed by atoms with E-state index >= 15 is 0 Å². The monoisotopic (exact) mass is 560 g/mol. The Hall–Kier alpha value is -1.74. The molecule has 4 rings (SSSR count). The number of amides is 1. The Labute approximate surface area is 229 Å². The Kier molecular flexibility index (Phi) is 11.8. The van der Waals surface area contributed by atoms with Gasteiger partial charge in [-0.1, -0.05) is 57.5 Å². The number of hydrogen-bond donors (Lipinski definition) is 1. The molecule has 5 nitrogen and oxygen atoms in total. The highest BCUT2D eigenvalue weighted by atomic mass is 35.5. The van der Waals surface area contributed by atoms with Crippen molar-refractivity contribution in [1.82, 2.24) is 20.1 Å². The Morgan fingerprint density at radius 1 is 1.14 bits per heavy atom. The summed E-state index contributed by atoms with van der Waals surface area (Å²) < 4.78 is 39.5. The standard InChI is InChI=1S/C15H19F3.C12H20N4OS.ClH/c1-3-9-14(4-2)10-13(14)11-5-7-12(8-6-11)15(16,17)18;1-3-4-7-18-12-15-14-11(16(12)2)9-5-6-10(17)13-8-9;/h5-8,13H,3-4,9-10H2,1-2H3;9H,3-8H2,1-2H3,(H,13,17);1H. The first-order valence-corrected chi connectivity index (χ1v) is 14.1. The summed E-state index contributed by atoms with van der Waals surface area (Å²) in [6, 6.07) is 5.72. The van der Waals surface area contributed by atoms with Gasteiger partial charge in [0.15, 0.2) is 5.16 Å². The quantitative estimate of drug-likeness (QED) is 0.255. The molecule has 1 aliphatic heterocycles. The molecule has 1 saturated carbocycles. The number of aromatic nitrogens is 3. The van der Waals surface area contributed by atoms with Crippen LogP contribution in [0.2, 0.25) is 0 Å². The Morgan fingerprint density at radius 3 is 2.38 bits per heavy atom. The van der Waals surface area contributed by atoms with Crippen LogP contribution in [-0.4, -0.2) is 33.0 Å². The molecule has 208 valence electrons. The van der Waals surface area contributed by atoms with Gasteiger partial charge in [-0.15, -0.1) is 22.6 Å². The second kappa shape index (κ2) is 13.9. The van der Waals surface area contributed by atoms with Gasteiger partial charge in [0.1, 0.15) is 5.82 Å². The number of nitrogens with zero attached hydrogens (tertiary/aromatic N) is 3. The van der Waals surface area contributed by atoms with E-state index in [1.165, 1.54) is 31.4 Å². The first-order valence-electron chi connectivity index (χ1n) is 13.1. The minimum absolute atomic E-state index is 0. The maximum absolute atomic E-state index is 12.5. The highest BCUT2D eigenvalue weighted by Crippen LogP contribution is 2.64. The maximum atomic E-state index is 12.5. The second-order valence-corrected chi connectivity index (χ2v) is 11.0. The molecule has 1 saturated heterocycles. The number of thioether (sulfide) groups is 1. The number of halogens is 4. The fourth-order valence-corrected chi connectivity index (χ4v) is 6.13. The number of unbranched alkanes of at least 4 members (excludes halogenated alkanes) is 1. The van der Waals surface area contributed by atoms with Gasteiger partial charge < -0.3 is 9.88 Å². The van der Waals surface area contributed by atoms with E-state index in [4.69, 9.17) is 0 Å². The zero-order chi connectivity index (χ0) is 26.3. The summed E-state index contributed by atoms with van der Waals surface area (Å²) in [4.78, 5) is 11.1. The molecule has 1 aromatic heterocycles. The van der Waals surface area contributed by atoms with Crippen LogP contribution in [0.25, 0.3) is 0 Å². The van der Waals surface area contributed by atoms with Crippen molar-refractivity contribution >= 4 is 30.1 Å². The minimum atomic E-state index is -4.23. The third kappa shape index (κ3) is 8.12. The molecule has 37 heavy (non-hydrogen) atoms. The summed E-state index contributed by atoms with van der Waals surface area (Å²) in [5, 5.41) is 12.4. The van der Waals surface area contributed by atoms with Crippen molar-refractivity contribution in [1.29, 1.82) is 0 Å². The van der Waals surface area contributed by atoms with Gasteiger partial charge in [0, 0.05) is 31.7 Å². The van der Waals surface area contributed by atoms with Crippen LogP contribution >= 0.6 is 24.2 Å². The fourth-order valence-electron chi connectivity index (χ4n) is 5.13. The third-order valence-electron chi connectivity index (χ3n) is 7.51. The van der Waals surface area contributed by atoms with Crippen LogP contribution in [0.1, 0.15) is 101 Å². The van der Waals surface area contributed by atoms with Gasteiger partial charge in [-0.25, -0.2) is 0 Å². The van der Waals surface area contributed by atoms with Gasteiger partial charge >= 0.3 is 6.18 Å². The van der Waals surface area contributed by atoms with Crippen LogP contribution in [0.5, 0.6) is 0 Å². The first-order chi connectivity index (χ1) is 17.1. The third-order valence-corrected chi connectivity index (χ3v) is 8.62. The zero-order valence-corrected chi connectivity index (χ0v) is 23.9. The predicted octanol–water partition coefficient (Wildman–Crippen LogP) is 7.51. The van der Waals surface area contributed by atoms with Crippen molar-refractivity contribution < 1.29 is 18.0 Å². The lowest BCUT2D eigenvalue weighted by Gasteiger charge is -2.21. The number of nitrogens with one attached hydrogen (secondary N) is 1. The summed E-state index contributed by atoms with van der Waals surface area (Å²) in [5.74, 6) is 2.99. The topological polar surface area (TPSA) is 59.8 Å². The van der Waals surface area contributed by atoms with E-state index in [9.17, 15) is 18.0 Å². The Morgan fingerprint density at radius 2 is 1.84 bits per heavy atom. The molecule has 2 aliphatic rings. The zero-order valence-electron chi connectivity index (χ0n) is 22.2. The lowest BCUT2D eigenvalue weighted by Crippen LogP contribution is -2.34. The highest BCUT2D eigenvalue weighted by Gasteiger charge is 2.52. The highest BCUT2D eigenvalue weighted by molar-refractivity contribution is 7.99. The summed E-state index contributed by atoms with van der Waals surface area (Å²) in [5.41, 5.74) is 0.872. The SMILES string of the molecule is CCCC1(CC)CC1c1ccc(C(F)(F)F)cc1.CCCCSc1nnc(C2CCC(=O)NC2)n1C.Cl. The van der Waals surface area contributed by atoms with Crippen LogP contribution in [0.4, 0.5) is 13.2 Å². The van der Waals surface area contributed by atoms with E-state index in [0.717, 1.165) is 48.0 Å². The van der Waals surface area contributed by atoms with Gasteiger partial charge in [-0.05, 0) is 61.1 Å². The van der Waals surface area contributed by atoms with Gasteiger partial charge in [-0.2, -0.15) is 13.2 Å². The van der Waals surface area contributed by atoms with E-state index in [1.807, 2.05) is 7.05 Å². The van der Waals surface area contributed by atoms with Crippen LogP contribution in [0.15, 0.2) is 29.4 Å². The van der Waals surface area contributed by atoms with Crippen molar-refractivity contribution in [3.8, 4) is 0 Å². The number of hydrogen-bond acceptors (Lipinski definition) is 4. The van der Waals surface area contributed by atoms with Crippen molar-refractivity contribution in [3.63, 3.8) is 0 Å². The van der Waals surface area contributed by atoms with Crippen molar-refractivity contribution in [3.05, 3.63) is 41.2 Å². The van der Waals surface area contributed by atoms with Crippen LogP contribution in [0.3, 0.4) is 0 Å². The maximum Gasteiger partial charge on any atom is 0.416 e. The minimum Gasteiger partial charge on any atom is -0.355 e. The molecule has 0 radical (unpaired) electrons. The Balaban J connectivity index is 0.000000253. The Bertz CT molecular complexity index is 989. The summed E-state index contributed by atoms with van der Waals surface area (Å²) in [6.07, 6.45) is 4.20. The van der Waals surface area contributed by atoms with Crippen LogP contribution in [-0.2, 0) is 18.0 Å². The summed E-state index contributed by atoms with van der Waals surface area (Å²) in [6.45, 7) is 7.22. The van der Waals surface area contributed by atoms with Gasteiger partial charge in [-0.3, -0.25) is 4.79 Å². The number of carbonyl (C=O) groups excluding carboxylic acids is 1. The number of alkyl halides is 3. The number of benzene rings is 1. The molecule has 1 aliphatic carbocycles. The lowest BCUT2D eigenvalue weighted by molar-refractivity contribution is -0.137. The van der Waals surface area contributed by atoms with Crippen molar-refractivity contribution in [2.24, 2.45) is 12.5 Å². The second-order valence-electron chi connectivity index (χ2n) is 9.98. The molecule has 2 fully saturated rings. The smallest absolute Gasteiger partial charge is 0.355 e. The van der Waals surface area contributed by atoms with E-state index in [-0.39, 0.29) is 18.3 Å². The fraction of sp³-hybridized carbons (Fsp3) is 0.667. The molecule has 2 aromatic rings. The summed E-state index contributed by atoms with van der Waals surface area (Å²) in [7, 11) is 2.01. The summed E-state index contributed by atoms with van der Waals surface area (Å²) >= 11 is 1.76. The first kappa shape index (κ1) is 31.5. The molecule has 3 unspecified atom stereocenters. The molecular weight excluding hydrogens is 521 g/mol. The van der Waals surface area contributed by atoms with Crippen molar-refractivity contribution in [2.75, 3.05) is 12.3 Å². The predicted molar refractivity (Wildman–Crippen MR) is 145 cm³/mol. The molecule has 1 amide bonds. The van der Waals surface area contributed by atoms with Crippen LogP contribution < -0.4 is 5.32 Å². The molecule has 0 bridgehead atoms. The lowest BCUT2D eigenvalue weighted by atomic mass is 9.91. The molecule has 0 spiro atoms. The largest absolute Gasteiger partial charge is 0.416 e. The van der Waals surface area contributed by atoms with E-state index in [2.05, 4.69) is 40.9 Å². The average molecular weight is 561 g/mol. The molecule has 2 heterocycles. The number of piperidine rings is 1. The molecule has 1 N–H and O–H groups in total. The number of carbonyl (C=O) groups is 1. The molecule has 10 heteroatoms. The normalized spacial score (nSPS) is 22.9. The molecular formula is C27H40ClF3N4OS. The van der Waals surface area contributed by atoms with Gasteiger partial charge in [0.2, 0.25) is 5.91 Å².